The van der Waals surface area contributed by atoms with Crippen molar-refractivity contribution in [2.45, 2.75) is 69.7 Å². The van der Waals surface area contributed by atoms with Crippen molar-refractivity contribution in [1.82, 2.24) is 14.7 Å². The smallest absolute Gasteiger partial charge is 0.266 e. The molecule has 26 heavy (non-hydrogen) atoms. The van der Waals surface area contributed by atoms with Crippen LogP contribution in [-0.4, -0.2) is 44.0 Å². The summed E-state index contributed by atoms with van der Waals surface area (Å²) in [5, 5.41) is 15.6. The monoisotopic (exact) mass is 355 g/mol. The van der Waals surface area contributed by atoms with Crippen LogP contribution < -0.4 is 5.56 Å². The fourth-order valence-corrected chi connectivity index (χ4v) is 6.16. The Morgan fingerprint density at radius 2 is 1.96 bits per heavy atom. The number of hydrogen-bond acceptors (Lipinski definition) is 4. The van der Waals surface area contributed by atoms with E-state index in [9.17, 15) is 9.90 Å². The number of aliphatic hydroxyl groups is 1. The Labute approximate surface area is 154 Å². The summed E-state index contributed by atoms with van der Waals surface area (Å²) in [7, 11) is 0. The van der Waals surface area contributed by atoms with Gasteiger partial charge in [0.15, 0.2) is 0 Å². The third-order valence-electron chi connectivity index (χ3n) is 7.31. The Morgan fingerprint density at radius 3 is 2.62 bits per heavy atom. The fraction of sp³-hybridized carbons (Fsp3) is 0.714. The van der Waals surface area contributed by atoms with E-state index >= 15 is 0 Å². The van der Waals surface area contributed by atoms with E-state index in [0.717, 1.165) is 36.3 Å². The second-order valence-corrected chi connectivity index (χ2v) is 9.23. The number of aryl methyl sites for hydroxylation is 1. The summed E-state index contributed by atoms with van der Waals surface area (Å²) in [4.78, 5) is 14.8. The van der Waals surface area contributed by atoms with Gasteiger partial charge in [-0.05, 0) is 69.3 Å². The molecule has 1 saturated carbocycles. The van der Waals surface area contributed by atoms with Crippen LogP contribution in [0.4, 0.5) is 0 Å². The van der Waals surface area contributed by atoms with Crippen LogP contribution in [0.1, 0.15) is 44.2 Å². The predicted molar refractivity (Wildman–Crippen MR) is 99.8 cm³/mol. The highest BCUT2D eigenvalue weighted by molar-refractivity contribution is 5.12. The molecule has 1 unspecified atom stereocenters. The molecule has 6 atom stereocenters. The molecule has 2 aliphatic heterocycles. The van der Waals surface area contributed by atoms with E-state index in [4.69, 9.17) is 0 Å². The van der Waals surface area contributed by atoms with Crippen molar-refractivity contribution in [3.05, 3.63) is 40.3 Å². The minimum absolute atomic E-state index is 0.118. The highest BCUT2D eigenvalue weighted by atomic mass is 16.3. The number of nitrogens with zero attached hydrogens (tertiary/aromatic N) is 3. The molecule has 2 saturated heterocycles. The Morgan fingerprint density at radius 1 is 1.19 bits per heavy atom. The maximum Gasteiger partial charge on any atom is 0.266 e. The molecule has 1 aromatic heterocycles. The van der Waals surface area contributed by atoms with E-state index in [0.29, 0.717) is 18.6 Å². The van der Waals surface area contributed by atoms with Crippen molar-refractivity contribution in [3.63, 3.8) is 0 Å². The molecule has 1 N–H and O–H groups in total. The largest absolute Gasteiger partial charge is 0.388 e. The van der Waals surface area contributed by atoms with Crippen LogP contribution in [0, 0.1) is 24.7 Å². The molecule has 0 radical (unpaired) electrons. The lowest BCUT2D eigenvalue weighted by Gasteiger charge is -2.45. The fourth-order valence-electron chi connectivity index (χ4n) is 6.16. The van der Waals surface area contributed by atoms with E-state index in [1.165, 1.54) is 36.9 Å². The third-order valence-corrected chi connectivity index (χ3v) is 7.31. The molecular formula is C21H29N3O2. The lowest BCUT2D eigenvalue weighted by molar-refractivity contribution is -0.0693. The highest BCUT2D eigenvalue weighted by Crippen LogP contribution is 2.47. The van der Waals surface area contributed by atoms with E-state index in [1.807, 2.05) is 6.92 Å². The Hall–Kier alpha value is -1.46. The second kappa shape index (κ2) is 6.03. The minimum Gasteiger partial charge on any atom is -0.388 e. The first-order valence-electron chi connectivity index (χ1n) is 10.2. The normalized spacial score (nSPS) is 41.2. The number of hydrogen-bond donors (Lipinski definition) is 1. The maximum absolute atomic E-state index is 12.1. The summed E-state index contributed by atoms with van der Waals surface area (Å²) in [6, 6.07) is 4.21. The van der Waals surface area contributed by atoms with Crippen LogP contribution >= 0.6 is 0 Å². The first-order valence-corrected chi connectivity index (χ1v) is 10.2. The van der Waals surface area contributed by atoms with Gasteiger partial charge in [0, 0.05) is 24.7 Å². The van der Waals surface area contributed by atoms with Crippen molar-refractivity contribution >= 4 is 0 Å². The van der Waals surface area contributed by atoms with Crippen LogP contribution in [0.2, 0.25) is 0 Å². The molecule has 0 spiro atoms. The van der Waals surface area contributed by atoms with Gasteiger partial charge in [0.25, 0.3) is 5.56 Å². The van der Waals surface area contributed by atoms with E-state index in [2.05, 4.69) is 22.2 Å². The molecule has 0 amide bonds. The molecule has 5 rings (SSSR count). The van der Waals surface area contributed by atoms with E-state index in [1.54, 1.807) is 12.1 Å². The molecule has 4 bridgehead atoms. The van der Waals surface area contributed by atoms with Crippen molar-refractivity contribution in [2.75, 3.05) is 6.54 Å². The number of aromatic nitrogens is 2. The van der Waals surface area contributed by atoms with Crippen LogP contribution in [-0.2, 0) is 6.54 Å². The molecule has 0 aromatic carbocycles. The predicted octanol–water partition coefficient (Wildman–Crippen LogP) is 2.12. The van der Waals surface area contributed by atoms with Crippen LogP contribution in [0.15, 0.2) is 29.1 Å². The molecule has 140 valence electrons. The first kappa shape index (κ1) is 16.7. The summed E-state index contributed by atoms with van der Waals surface area (Å²) in [5.41, 5.74) is -0.104. The van der Waals surface area contributed by atoms with Gasteiger partial charge in [0.05, 0.1) is 17.8 Å². The zero-order valence-corrected chi connectivity index (χ0v) is 15.6. The minimum atomic E-state index is -0.804. The summed E-state index contributed by atoms with van der Waals surface area (Å²) in [5.74, 6) is 2.42. The summed E-state index contributed by atoms with van der Waals surface area (Å²) < 4.78 is 1.46. The van der Waals surface area contributed by atoms with E-state index < -0.39 is 5.60 Å². The van der Waals surface area contributed by atoms with Crippen molar-refractivity contribution < 1.29 is 5.11 Å². The SMILES string of the molecule is Cc1ccc(=O)n(CC2(O)C[C@H]3CC[C@@H](C2)N3C[C@H]2C[C@H]3C=C[C@H]2C3)n1. The zero-order chi connectivity index (χ0) is 17.9. The summed E-state index contributed by atoms with van der Waals surface area (Å²) >= 11 is 0. The van der Waals surface area contributed by atoms with Gasteiger partial charge in [-0.1, -0.05) is 12.2 Å². The summed E-state index contributed by atoms with van der Waals surface area (Å²) in [6.45, 7) is 3.40. The second-order valence-electron chi connectivity index (χ2n) is 9.23. The van der Waals surface area contributed by atoms with Gasteiger partial charge in [-0.3, -0.25) is 9.69 Å². The third kappa shape index (κ3) is 2.85. The van der Waals surface area contributed by atoms with Gasteiger partial charge in [0.1, 0.15) is 0 Å². The lowest BCUT2D eigenvalue weighted by atomic mass is 9.84. The molecule has 5 nitrogen and oxygen atoms in total. The van der Waals surface area contributed by atoms with Gasteiger partial charge in [0.2, 0.25) is 0 Å². The number of rotatable bonds is 4. The molecule has 5 heteroatoms. The molecule has 1 aromatic rings. The van der Waals surface area contributed by atoms with E-state index in [-0.39, 0.29) is 5.56 Å². The Bertz CT molecular complexity index is 772. The van der Waals surface area contributed by atoms with Crippen LogP contribution in [0.25, 0.3) is 0 Å². The van der Waals surface area contributed by atoms with Gasteiger partial charge >= 0.3 is 0 Å². The van der Waals surface area contributed by atoms with Gasteiger partial charge < -0.3 is 5.11 Å². The van der Waals surface area contributed by atoms with Crippen molar-refractivity contribution in [2.24, 2.45) is 17.8 Å². The van der Waals surface area contributed by atoms with Gasteiger partial charge in [-0.15, -0.1) is 0 Å². The molecule has 4 aliphatic rings. The lowest BCUT2D eigenvalue weighted by Crippen LogP contribution is -2.54. The average Bonchev–Trinajstić information content (AvgIpc) is 3.27. The topological polar surface area (TPSA) is 58.4 Å². The number of allylic oxidation sites excluding steroid dienone is 2. The number of piperidine rings is 1. The number of fused-ring (bicyclic) bond motifs is 4. The molecule has 2 aliphatic carbocycles. The maximum atomic E-state index is 12.1. The Kier molecular flexibility index (Phi) is 3.87. The van der Waals surface area contributed by atoms with Gasteiger partial charge in [-0.25, -0.2) is 4.68 Å². The van der Waals surface area contributed by atoms with Crippen molar-refractivity contribution in [1.29, 1.82) is 0 Å². The van der Waals surface area contributed by atoms with Crippen LogP contribution in [0.5, 0.6) is 0 Å². The molecular weight excluding hydrogens is 326 g/mol. The first-order chi connectivity index (χ1) is 12.5. The molecule has 3 fully saturated rings. The standard InChI is InChI=1S/C21H29N3O2/c1-14-2-7-20(25)24(22-14)13-21(26)10-18-5-6-19(11-21)23(18)12-17-9-15-3-4-16(17)8-15/h2-4,7,15-19,26H,5-6,8-13H2,1H3/t15-,16-,17+,18-,19+,21?/m0/s1. The molecule has 3 heterocycles. The average molecular weight is 355 g/mol. The van der Waals surface area contributed by atoms with Gasteiger partial charge in [-0.2, -0.15) is 5.10 Å². The van der Waals surface area contributed by atoms with Crippen LogP contribution in [0.3, 0.4) is 0 Å². The Balaban J connectivity index is 1.29. The summed E-state index contributed by atoms with van der Waals surface area (Å²) in [6.07, 6.45) is 11.5. The van der Waals surface area contributed by atoms with Crippen molar-refractivity contribution in [3.8, 4) is 0 Å². The quantitative estimate of drug-likeness (QED) is 0.841. The zero-order valence-electron chi connectivity index (χ0n) is 15.6. The highest BCUT2D eigenvalue weighted by Gasteiger charge is 2.49.